The number of alkyl halides is 1. The first-order valence-electron chi connectivity index (χ1n) is 7.83. The average Bonchev–Trinajstić information content (AvgIpc) is 2.98. The molecule has 2 unspecified atom stereocenters. The second-order valence-corrected chi connectivity index (χ2v) is 7.34. The van der Waals surface area contributed by atoms with E-state index in [1.54, 1.807) is 0 Å². The molecule has 0 aliphatic carbocycles. The minimum Gasteiger partial charge on any atom is -0.444 e. The van der Waals surface area contributed by atoms with Gasteiger partial charge in [0.15, 0.2) is 0 Å². The highest BCUT2D eigenvalue weighted by atomic mass is 19.1. The maximum absolute atomic E-state index is 14.5. The van der Waals surface area contributed by atoms with Crippen LogP contribution in [0, 0.1) is 0 Å². The molecule has 3 rings (SSSR count). The van der Waals surface area contributed by atoms with Gasteiger partial charge >= 0.3 is 6.09 Å². The standard InChI is InChI=1S/C15H25FN2O3/c1-15(2,3)21-14(19)17-5-4-13(12(16)8-17)18-7-11-6-10(18)9-20-11/h10-13H,4-9H2,1-3H3/t10-,11-,12?,13?/m0/s1. The summed E-state index contributed by atoms with van der Waals surface area (Å²) in [4.78, 5) is 15.8. The van der Waals surface area contributed by atoms with Gasteiger partial charge in [-0.2, -0.15) is 0 Å². The quantitative estimate of drug-likeness (QED) is 0.740. The van der Waals surface area contributed by atoms with Crippen LogP contribution in [0.3, 0.4) is 0 Å². The summed E-state index contributed by atoms with van der Waals surface area (Å²) >= 11 is 0. The lowest BCUT2D eigenvalue weighted by Crippen LogP contribution is -2.57. The van der Waals surface area contributed by atoms with Crippen molar-refractivity contribution in [3.05, 3.63) is 0 Å². The minimum absolute atomic E-state index is 0.0809. The van der Waals surface area contributed by atoms with Gasteiger partial charge in [-0.1, -0.05) is 0 Å². The fraction of sp³-hybridized carbons (Fsp3) is 0.933. The van der Waals surface area contributed by atoms with Crippen molar-refractivity contribution in [2.45, 2.75) is 63.6 Å². The Hall–Kier alpha value is -0.880. The van der Waals surface area contributed by atoms with Crippen LogP contribution in [0.1, 0.15) is 33.6 Å². The van der Waals surface area contributed by atoms with Crippen LogP contribution in [0.25, 0.3) is 0 Å². The fourth-order valence-electron chi connectivity index (χ4n) is 3.59. The number of amides is 1. The molecule has 3 heterocycles. The molecule has 120 valence electrons. The Labute approximate surface area is 125 Å². The van der Waals surface area contributed by atoms with Gasteiger partial charge in [0.2, 0.25) is 0 Å². The van der Waals surface area contributed by atoms with E-state index in [0.29, 0.717) is 19.0 Å². The Morgan fingerprint density at radius 2 is 2.10 bits per heavy atom. The number of hydrogen-bond donors (Lipinski definition) is 0. The van der Waals surface area contributed by atoms with Crippen molar-refractivity contribution in [1.82, 2.24) is 9.80 Å². The van der Waals surface area contributed by atoms with E-state index in [4.69, 9.17) is 9.47 Å². The first-order valence-corrected chi connectivity index (χ1v) is 7.83. The second kappa shape index (κ2) is 5.39. The van der Waals surface area contributed by atoms with Gasteiger partial charge < -0.3 is 14.4 Å². The van der Waals surface area contributed by atoms with Gasteiger partial charge in [-0.25, -0.2) is 9.18 Å². The van der Waals surface area contributed by atoms with Crippen molar-refractivity contribution in [2.75, 3.05) is 26.2 Å². The Bertz CT molecular complexity index is 412. The van der Waals surface area contributed by atoms with Crippen molar-refractivity contribution >= 4 is 6.09 Å². The molecule has 3 fully saturated rings. The molecule has 5 nitrogen and oxygen atoms in total. The van der Waals surface area contributed by atoms with Gasteiger partial charge in [-0.15, -0.1) is 0 Å². The number of ether oxygens (including phenoxy) is 2. The van der Waals surface area contributed by atoms with Gasteiger partial charge in [-0.3, -0.25) is 4.90 Å². The van der Waals surface area contributed by atoms with Gasteiger partial charge in [-0.05, 0) is 33.6 Å². The van der Waals surface area contributed by atoms with Crippen LogP contribution in [0.5, 0.6) is 0 Å². The number of likely N-dealkylation sites (tertiary alicyclic amines) is 2. The molecular formula is C15H25FN2O3. The zero-order valence-electron chi connectivity index (χ0n) is 13.0. The summed E-state index contributed by atoms with van der Waals surface area (Å²) in [6.07, 6.45) is 0.564. The van der Waals surface area contributed by atoms with E-state index in [2.05, 4.69) is 4.90 Å². The predicted octanol–water partition coefficient (Wildman–Crippen LogP) is 1.81. The molecule has 6 heteroatoms. The third-order valence-corrected chi connectivity index (χ3v) is 4.53. The van der Waals surface area contributed by atoms with Crippen LogP contribution in [0.15, 0.2) is 0 Å². The van der Waals surface area contributed by atoms with E-state index < -0.39 is 17.9 Å². The molecule has 2 bridgehead atoms. The maximum atomic E-state index is 14.5. The first-order chi connectivity index (χ1) is 9.83. The summed E-state index contributed by atoms with van der Waals surface area (Å²) in [5.74, 6) is 0. The molecule has 3 aliphatic heterocycles. The number of carbonyl (C=O) groups excluding carboxylic acids is 1. The SMILES string of the molecule is CC(C)(C)OC(=O)N1CCC(N2C[C@@H]3C[C@H]2CO3)C(F)C1. The number of carbonyl (C=O) groups is 1. The Kier molecular flexibility index (Phi) is 3.86. The van der Waals surface area contributed by atoms with Crippen LogP contribution < -0.4 is 0 Å². The van der Waals surface area contributed by atoms with Crippen LogP contribution in [0.4, 0.5) is 9.18 Å². The number of rotatable bonds is 1. The van der Waals surface area contributed by atoms with Crippen LogP contribution in [0.2, 0.25) is 0 Å². The summed E-state index contributed by atoms with van der Waals surface area (Å²) < 4.78 is 25.4. The highest BCUT2D eigenvalue weighted by molar-refractivity contribution is 5.68. The summed E-state index contributed by atoms with van der Waals surface area (Å²) in [7, 11) is 0. The van der Waals surface area contributed by atoms with Crippen molar-refractivity contribution < 1.29 is 18.7 Å². The molecular weight excluding hydrogens is 275 g/mol. The van der Waals surface area contributed by atoms with Crippen LogP contribution in [-0.4, -0.2) is 72.1 Å². The lowest BCUT2D eigenvalue weighted by atomic mass is 10.0. The molecule has 0 radical (unpaired) electrons. The first kappa shape index (κ1) is 15.0. The van der Waals surface area contributed by atoms with Gasteiger partial charge in [0.1, 0.15) is 11.8 Å². The third-order valence-electron chi connectivity index (χ3n) is 4.53. The van der Waals surface area contributed by atoms with E-state index in [0.717, 1.165) is 19.6 Å². The summed E-state index contributed by atoms with van der Waals surface area (Å²) in [5, 5.41) is 0. The summed E-state index contributed by atoms with van der Waals surface area (Å²) in [5.41, 5.74) is -0.537. The molecule has 21 heavy (non-hydrogen) atoms. The van der Waals surface area contributed by atoms with E-state index in [-0.39, 0.29) is 18.7 Å². The summed E-state index contributed by atoms with van der Waals surface area (Å²) in [6.45, 7) is 7.73. The molecule has 0 aromatic rings. The number of piperidine rings is 1. The molecule has 3 saturated heterocycles. The van der Waals surface area contributed by atoms with E-state index in [9.17, 15) is 9.18 Å². The van der Waals surface area contributed by atoms with Gasteiger partial charge in [0.05, 0.1) is 19.3 Å². The third kappa shape index (κ3) is 3.16. The van der Waals surface area contributed by atoms with E-state index >= 15 is 0 Å². The number of hydrogen-bond acceptors (Lipinski definition) is 4. The summed E-state index contributed by atoms with van der Waals surface area (Å²) in [6, 6.07) is 0.286. The number of nitrogens with zero attached hydrogens (tertiary/aromatic N) is 2. The molecule has 0 aromatic carbocycles. The number of halogens is 1. The Morgan fingerprint density at radius 1 is 1.33 bits per heavy atom. The largest absolute Gasteiger partial charge is 0.444 e. The van der Waals surface area contributed by atoms with Crippen molar-refractivity contribution in [2.24, 2.45) is 0 Å². The molecule has 3 aliphatic rings. The normalized spacial score (nSPS) is 37.0. The molecule has 1 amide bonds. The fourth-order valence-corrected chi connectivity index (χ4v) is 3.59. The lowest BCUT2D eigenvalue weighted by molar-refractivity contribution is -0.0367. The monoisotopic (exact) mass is 300 g/mol. The van der Waals surface area contributed by atoms with Gasteiger partial charge in [0.25, 0.3) is 0 Å². The van der Waals surface area contributed by atoms with E-state index in [1.165, 1.54) is 4.90 Å². The Balaban J connectivity index is 1.56. The molecule has 0 spiro atoms. The molecule has 0 saturated carbocycles. The van der Waals surface area contributed by atoms with E-state index in [1.807, 2.05) is 20.8 Å². The van der Waals surface area contributed by atoms with Crippen LogP contribution in [-0.2, 0) is 9.47 Å². The highest BCUT2D eigenvalue weighted by Gasteiger charge is 2.46. The smallest absolute Gasteiger partial charge is 0.410 e. The lowest BCUT2D eigenvalue weighted by Gasteiger charge is -2.42. The highest BCUT2D eigenvalue weighted by Crippen LogP contribution is 2.33. The topological polar surface area (TPSA) is 42.0 Å². The predicted molar refractivity (Wildman–Crippen MR) is 76.0 cm³/mol. The molecule has 4 atom stereocenters. The van der Waals surface area contributed by atoms with Crippen LogP contribution >= 0.6 is 0 Å². The zero-order chi connectivity index (χ0) is 15.2. The minimum atomic E-state index is -1.01. The maximum Gasteiger partial charge on any atom is 0.410 e. The Morgan fingerprint density at radius 3 is 2.62 bits per heavy atom. The number of morpholine rings is 1. The second-order valence-electron chi connectivity index (χ2n) is 7.34. The zero-order valence-corrected chi connectivity index (χ0v) is 13.0. The van der Waals surface area contributed by atoms with Crippen molar-refractivity contribution in [1.29, 1.82) is 0 Å². The molecule has 0 aromatic heterocycles. The number of fused-ring (bicyclic) bond motifs is 2. The van der Waals surface area contributed by atoms with Crippen molar-refractivity contribution in [3.8, 4) is 0 Å². The average molecular weight is 300 g/mol. The van der Waals surface area contributed by atoms with Crippen molar-refractivity contribution in [3.63, 3.8) is 0 Å². The van der Waals surface area contributed by atoms with Gasteiger partial charge in [0, 0.05) is 25.2 Å². The molecule has 0 N–H and O–H groups in total.